The Morgan fingerprint density at radius 2 is 1.69 bits per heavy atom. The molecule has 5 rings (SSSR count). The Morgan fingerprint density at radius 3 is 2.34 bits per heavy atom. The molecule has 2 heterocycles. The Kier molecular flexibility index (Phi) is 4.60. The Hall–Kier alpha value is -3.90. The molecule has 0 radical (unpaired) electrons. The number of hydrogen-bond donors (Lipinski definition) is 1. The third-order valence-corrected chi connectivity index (χ3v) is 5.83. The maximum absolute atomic E-state index is 13.5. The number of rotatable bonds is 3. The molecular formula is C25H16ClNO5. The van der Waals surface area contributed by atoms with Crippen molar-refractivity contribution in [3.8, 4) is 5.75 Å². The minimum absolute atomic E-state index is 0.0430. The van der Waals surface area contributed by atoms with Crippen LogP contribution in [0.2, 0.25) is 5.02 Å². The number of hydrogen-bond acceptors (Lipinski definition) is 5. The van der Waals surface area contributed by atoms with Crippen LogP contribution in [0, 0.1) is 0 Å². The molecule has 0 saturated heterocycles. The zero-order valence-electron chi connectivity index (χ0n) is 16.8. The molecule has 158 valence electrons. The van der Waals surface area contributed by atoms with E-state index in [1.807, 2.05) is 0 Å². The molecule has 1 unspecified atom stereocenters. The first-order chi connectivity index (χ1) is 15.3. The minimum Gasteiger partial charge on any atom is -0.508 e. The van der Waals surface area contributed by atoms with Crippen LogP contribution in [0.4, 0.5) is 5.69 Å². The fourth-order valence-electron chi connectivity index (χ4n) is 4.04. The van der Waals surface area contributed by atoms with Gasteiger partial charge in [0.1, 0.15) is 11.3 Å². The second-order valence-electron chi connectivity index (χ2n) is 7.59. The summed E-state index contributed by atoms with van der Waals surface area (Å²) in [5.74, 6) is -0.545. The van der Waals surface area contributed by atoms with Gasteiger partial charge in [0.15, 0.2) is 11.2 Å². The van der Waals surface area contributed by atoms with Gasteiger partial charge in [0.2, 0.25) is 5.76 Å². The predicted molar refractivity (Wildman–Crippen MR) is 121 cm³/mol. The standard InChI is InChI=1S/C25H16ClNO5/c1-13(28)14-2-7-17(8-3-14)27-22(15-4-9-18(29)10-5-15)21-23(30)19-12-16(26)6-11-20(19)32-24(21)25(27)31/h2-12,22,29H,1H3. The van der Waals surface area contributed by atoms with Crippen molar-refractivity contribution in [3.05, 3.63) is 104 Å². The number of phenols is 1. The largest absolute Gasteiger partial charge is 0.508 e. The molecule has 0 bridgehead atoms. The third kappa shape index (κ3) is 3.08. The molecule has 32 heavy (non-hydrogen) atoms. The van der Waals surface area contributed by atoms with Crippen molar-refractivity contribution in [2.24, 2.45) is 0 Å². The van der Waals surface area contributed by atoms with Gasteiger partial charge in [0, 0.05) is 16.3 Å². The normalized spacial score (nSPS) is 15.2. The molecule has 1 aliphatic rings. The van der Waals surface area contributed by atoms with E-state index in [0.717, 1.165) is 0 Å². The van der Waals surface area contributed by atoms with Gasteiger partial charge in [-0.05, 0) is 67.1 Å². The summed E-state index contributed by atoms with van der Waals surface area (Å²) in [6.07, 6.45) is 0. The first-order valence-electron chi connectivity index (χ1n) is 9.85. The fourth-order valence-corrected chi connectivity index (χ4v) is 4.21. The molecular weight excluding hydrogens is 430 g/mol. The van der Waals surface area contributed by atoms with Gasteiger partial charge in [0.05, 0.1) is 17.0 Å². The number of phenolic OH excluding ortho intramolecular Hbond substituents is 1. The molecule has 0 saturated carbocycles. The van der Waals surface area contributed by atoms with E-state index < -0.39 is 11.9 Å². The molecule has 4 aromatic rings. The van der Waals surface area contributed by atoms with Crippen LogP contribution in [0.25, 0.3) is 11.0 Å². The van der Waals surface area contributed by atoms with Crippen LogP contribution in [-0.2, 0) is 0 Å². The number of anilines is 1. The molecule has 1 aromatic heterocycles. The molecule has 1 aliphatic heterocycles. The van der Waals surface area contributed by atoms with Gasteiger partial charge >= 0.3 is 0 Å². The number of Topliss-reactive ketones (excluding diaryl/α,β-unsaturated/α-hetero) is 1. The summed E-state index contributed by atoms with van der Waals surface area (Å²) >= 11 is 6.09. The van der Waals surface area contributed by atoms with Crippen molar-refractivity contribution in [2.75, 3.05) is 4.90 Å². The topological polar surface area (TPSA) is 87.8 Å². The molecule has 0 fully saturated rings. The summed E-state index contributed by atoms with van der Waals surface area (Å²) in [5.41, 5.74) is 1.76. The van der Waals surface area contributed by atoms with E-state index in [2.05, 4.69) is 0 Å². The second kappa shape index (κ2) is 7.35. The number of carbonyl (C=O) groups is 2. The second-order valence-corrected chi connectivity index (χ2v) is 8.02. The number of nitrogens with zero attached hydrogens (tertiary/aromatic N) is 1. The van der Waals surface area contributed by atoms with Gasteiger partial charge in [-0.15, -0.1) is 0 Å². The van der Waals surface area contributed by atoms with Crippen LogP contribution in [0.15, 0.2) is 75.9 Å². The molecule has 1 N–H and O–H groups in total. The van der Waals surface area contributed by atoms with Crippen molar-refractivity contribution in [2.45, 2.75) is 13.0 Å². The van der Waals surface area contributed by atoms with E-state index in [4.69, 9.17) is 16.0 Å². The quantitative estimate of drug-likeness (QED) is 0.443. The number of ketones is 1. The average molecular weight is 446 g/mol. The number of aromatic hydroxyl groups is 1. The highest BCUT2D eigenvalue weighted by Gasteiger charge is 2.43. The van der Waals surface area contributed by atoms with Crippen LogP contribution >= 0.6 is 11.6 Å². The van der Waals surface area contributed by atoms with Crippen LogP contribution in [0.1, 0.15) is 45.0 Å². The summed E-state index contributed by atoms with van der Waals surface area (Å²) in [4.78, 5) is 40.1. The van der Waals surface area contributed by atoms with Crippen LogP contribution in [0.3, 0.4) is 0 Å². The third-order valence-electron chi connectivity index (χ3n) is 5.59. The highest BCUT2D eigenvalue weighted by Crippen LogP contribution is 2.41. The zero-order chi connectivity index (χ0) is 22.6. The van der Waals surface area contributed by atoms with Gasteiger partial charge < -0.3 is 9.52 Å². The number of halogens is 1. The lowest BCUT2D eigenvalue weighted by molar-refractivity contribution is 0.0970. The lowest BCUT2D eigenvalue weighted by Gasteiger charge is -2.25. The molecule has 1 atom stereocenters. The summed E-state index contributed by atoms with van der Waals surface area (Å²) < 4.78 is 5.89. The zero-order valence-corrected chi connectivity index (χ0v) is 17.6. The van der Waals surface area contributed by atoms with E-state index in [1.165, 1.54) is 30.0 Å². The van der Waals surface area contributed by atoms with Gasteiger partial charge in [-0.25, -0.2) is 0 Å². The first kappa shape index (κ1) is 20.0. The average Bonchev–Trinajstić information content (AvgIpc) is 3.07. The highest BCUT2D eigenvalue weighted by atomic mass is 35.5. The lowest BCUT2D eigenvalue weighted by Crippen LogP contribution is -2.29. The highest BCUT2D eigenvalue weighted by molar-refractivity contribution is 6.31. The number of carbonyl (C=O) groups excluding carboxylic acids is 2. The minimum atomic E-state index is -0.777. The molecule has 7 heteroatoms. The van der Waals surface area contributed by atoms with Crippen LogP contribution < -0.4 is 10.3 Å². The van der Waals surface area contributed by atoms with E-state index in [9.17, 15) is 19.5 Å². The summed E-state index contributed by atoms with van der Waals surface area (Å²) in [5, 5.41) is 10.4. The number of benzene rings is 3. The Bertz CT molecular complexity index is 1460. The van der Waals surface area contributed by atoms with Crippen molar-refractivity contribution < 1.29 is 19.1 Å². The Morgan fingerprint density at radius 1 is 1.00 bits per heavy atom. The molecule has 1 amide bonds. The van der Waals surface area contributed by atoms with E-state index in [1.54, 1.807) is 48.5 Å². The Labute approximate surface area is 187 Å². The molecule has 0 aliphatic carbocycles. The summed E-state index contributed by atoms with van der Waals surface area (Å²) in [7, 11) is 0. The number of amides is 1. The summed E-state index contributed by atoms with van der Waals surface area (Å²) in [6.45, 7) is 1.46. The van der Waals surface area contributed by atoms with E-state index in [0.29, 0.717) is 21.8 Å². The lowest BCUT2D eigenvalue weighted by atomic mass is 9.98. The van der Waals surface area contributed by atoms with Crippen molar-refractivity contribution in [1.29, 1.82) is 0 Å². The van der Waals surface area contributed by atoms with Crippen molar-refractivity contribution >= 4 is 39.9 Å². The maximum atomic E-state index is 13.5. The number of fused-ring (bicyclic) bond motifs is 2. The van der Waals surface area contributed by atoms with Crippen LogP contribution in [0.5, 0.6) is 5.75 Å². The molecule has 0 spiro atoms. The molecule has 3 aromatic carbocycles. The van der Waals surface area contributed by atoms with E-state index >= 15 is 0 Å². The summed E-state index contributed by atoms with van der Waals surface area (Å²) in [6, 6.07) is 16.8. The van der Waals surface area contributed by atoms with Crippen LogP contribution in [-0.4, -0.2) is 16.8 Å². The first-order valence-corrected chi connectivity index (χ1v) is 10.2. The van der Waals surface area contributed by atoms with Gasteiger partial charge in [0.25, 0.3) is 5.91 Å². The fraction of sp³-hybridized carbons (Fsp3) is 0.0800. The SMILES string of the molecule is CC(=O)c1ccc(N2C(=O)c3oc4ccc(Cl)cc4c(=O)c3C2c2ccc(O)cc2)cc1. The van der Waals surface area contributed by atoms with Gasteiger partial charge in [-0.1, -0.05) is 23.7 Å². The monoisotopic (exact) mass is 445 g/mol. The Balaban J connectivity index is 1.77. The van der Waals surface area contributed by atoms with Crippen molar-refractivity contribution in [1.82, 2.24) is 0 Å². The van der Waals surface area contributed by atoms with Gasteiger partial charge in [-0.2, -0.15) is 0 Å². The smallest absolute Gasteiger partial charge is 0.295 e. The molecule has 6 nitrogen and oxygen atoms in total. The maximum Gasteiger partial charge on any atom is 0.295 e. The van der Waals surface area contributed by atoms with E-state index in [-0.39, 0.29) is 39.3 Å². The van der Waals surface area contributed by atoms with Crippen molar-refractivity contribution in [3.63, 3.8) is 0 Å². The predicted octanol–water partition coefficient (Wildman–Crippen LogP) is 5.10. The van der Waals surface area contributed by atoms with Gasteiger partial charge in [-0.3, -0.25) is 19.3 Å².